The summed E-state index contributed by atoms with van der Waals surface area (Å²) in [4.78, 5) is 0. The first-order chi connectivity index (χ1) is 11.7. The first-order valence-corrected chi connectivity index (χ1v) is 8.49. The minimum absolute atomic E-state index is 0.0194. The third-order valence-electron chi connectivity index (χ3n) is 4.07. The summed E-state index contributed by atoms with van der Waals surface area (Å²) in [6.07, 6.45) is 0.962. The van der Waals surface area contributed by atoms with Crippen molar-refractivity contribution in [1.82, 2.24) is 5.32 Å². The molecule has 1 atom stereocenters. The molecule has 0 fully saturated rings. The highest BCUT2D eigenvalue weighted by molar-refractivity contribution is 6.31. The first-order valence-electron chi connectivity index (χ1n) is 8.11. The van der Waals surface area contributed by atoms with Gasteiger partial charge in [0.2, 0.25) is 0 Å². The number of benzene rings is 3. The van der Waals surface area contributed by atoms with Gasteiger partial charge in [0.05, 0.1) is 6.04 Å². The van der Waals surface area contributed by atoms with Gasteiger partial charge < -0.3 is 11.1 Å². The summed E-state index contributed by atoms with van der Waals surface area (Å²) >= 11 is 6.44. The van der Waals surface area contributed by atoms with E-state index in [-0.39, 0.29) is 6.04 Å². The molecule has 3 heteroatoms. The molecule has 0 spiro atoms. The van der Waals surface area contributed by atoms with E-state index in [0.29, 0.717) is 0 Å². The van der Waals surface area contributed by atoms with Gasteiger partial charge in [-0.15, -0.1) is 0 Å². The lowest BCUT2D eigenvalue weighted by atomic mass is 9.97. The van der Waals surface area contributed by atoms with Crippen LogP contribution in [0.4, 0.5) is 5.69 Å². The van der Waals surface area contributed by atoms with Crippen molar-refractivity contribution >= 4 is 17.3 Å². The van der Waals surface area contributed by atoms with Gasteiger partial charge in [-0.25, -0.2) is 0 Å². The largest absolute Gasteiger partial charge is 0.399 e. The molecule has 0 unspecified atom stereocenters. The van der Waals surface area contributed by atoms with E-state index < -0.39 is 0 Å². The average Bonchev–Trinajstić information content (AvgIpc) is 2.63. The van der Waals surface area contributed by atoms with Crippen LogP contribution >= 0.6 is 11.6 Å². The molecular weight excluding hydrogens is 316 g/mol. The molecule has 122 valence electrons. The standard InChI is InChI=1S/C21H21ClN2/c22-20-12-11-18(23)15-19(20)21(17-9-5-2-6-10-17)24-14-13-16-7-3-1-4-8-16/h1-12,15,21,24H,13-14,23H2/t21-/m0/s1. The molecule has 0 saturated heterocycles. The minimum Gasteiger partial charge on any atom is -0.399 e. The van der Waals surface area contributed by atoms with Crippen molar-refractivity contribution < 1.29 is 0 Å². The molecule has 0 bridgehead atoms. The zero-order valence-electron chi connectivity index (χ0n) is 13.5. The highest BCUT2D eigenvalue weighted by Gasteiger charge is 2.16. The molecule has 3 rings (SSSR count). The number of hydrogen-bond acceptors (Lipinski definition) is 2. The molecule has 3 N–H and O–H groups in total. The van der Waals surface area contributed by atoms with Crippen molar-refractivity contribution in [2.75, 3.05) is 12.3 Å². The Labute approximate surface area is 148 Å². The van der Waals surface area contributed by atoms with Crippen LogP contribution in [0.3, 0.4) is 0 Å². The van der Waals surface area contributed by atoms with E-state index in [0.717, 1.165) is 29.2 Å². The van der Waals surface area contributed by atoms with Crippen LogP contribution in [0.2, 0.25) is 5.02 Å². The molecule has 0 aliphatic heterocycles. The summed E-state index contributed by atoms with van der Waals surface area (Å²) < 4.78 is 0. The molecule has 0 heterocycles. The lowest BCUT2D eigenvalue weighted by Crippen LogP contribution is -2.25. The van der Waals surface area contributed by atoms with E-state index in [2.05, 4.69) is 41.7 Å². The number of halogens is 1. The maximum absolute atomic E-state index is 6.44. The molecule has 24 heavy (non-hydrogen) atoms. The van der Waals surface area contributed by atoms with E-state index in [1.54, 1.807) is 0 Å². The van der Waals surface area contributed by atoms with E-state index in [9.17, 15) is 0 Å². The van der Waals surface area contributed by atoms with Gasteiger partial charge >= 0.3 is 0 Å². The molecular formula is C21H21ClN2. The summed E-state index contributed by atoms with van der Waals surface area (Å²) in [5, 5.41) is 4.36. The third-order valence-corrected chi connectivity index (χ3v) is 4.41. The lowest BCUT2D eigenvalue weighted by molar-refractivity contribution is 0.606. The Balaban J connectivity index is 1.82. The van der Waals surface area contributed by atoms with Gasteiger partial charge in [0.1, 0.15) is 0 Å². The van der Waals surface area contributed by atoms with Crippen LogP contribution in [0.25, 0.3) is 0 Å². The molecule has 0 aromatic heterocycles. The fourth-order valence-electron chi connectivity index (χ4n) is 2.84. The predicted octanol–water partition coefficient (Wildman–Crippen LogP) is 4.84. The van der Waals surface area contributed by atoms with Crippen molar-refractivity contribution in [2.45, 2.75) is 12.5 Å². The van der Waals surface area contributed by atoms with Gasteiger partial charge in [-0.1, -0.05) is 72.3 Å². The van der Waals surface area contributed by atoms with Gasteiger partial charge in [-0.3, -0.25) is 0 Å². The summed E-state index contributed by atoms with van der Waals surface area (Å²) in [5.74, 6) is 0. The molecule has 0 aliphatic carbocycles. The quantitative estimate of drug-likeness (QED) is 0.632. The van der Waals surface area contributed by atoms with Crippen LogP contribution in [-0.2, 0) is 6.42 Å². The van der Waals surface area contributed by atoms with E-state index in [4.69, 9.17) is 17.3 Å². The number of hydrogen-bond donors (Lipinski definition) is 2. The zero-order chi connectivity index (χ0) is 16.8. The van der Waals surface area contributed by atoms with Gasteiger partial charge in [0.15, 0.2) is 0 Å². The Hall–Kier alpha value is -2.29. The molecule has 0 amide bonds. The normalized spacial score (nSPS) is 12.0. The van der Waals surface area contributed by atoms with Crippen molar-refractivity contribution in [3.05, 3.63) is 101 Å². The maximum atomic E-state index is 6.44. The topological polar surface area (TPSA) is 38.0 Å². The predicted molar refractivity (Wildman–Crippen MR) is 102 cm³/mol. The molecule has 3 aromatic carbocycles. The second-order valence-corrected chi connectivity index (χ2v) is 6.22. The number of nitrogens with one attached hydrogen (secondary N) is 1. The minimum atomic E-state index is 0.0194. The Morgan fingerprint density at radius 1 is 0.875 bits per heavy atom. The summed E-state index contributed by atoms with van der Waals surface area (Å²) in [6.45, 7) is 0.856. The fourth-order valence-corrected chi connectivity index (χ4v) is 3.07. The second kappa shape index (κ2) is 8.00. The Kier molecular flexibility index (Phi) is 5.52. The van der Waals surface area contributed by atoms with Gasteiger partial charge in [-0.05, 0) is 41.3 Å². The lowest BCUT2D eigenvalue weighted by Gasteiger charge is -2.21. The van der Waals surface area contributed by atoms with E-state index in [1.165, 1.54) is 11.1 Å². The van der Waals surface area contributed by atoms with Crippen molar-refractivity contribution in [3.63, 3.8) is 0 Å². The number of rotatable bonds is 6. The molecule has 0 radical (unpaired) electrons. The smallest absolute Gasteiger partial charge is 0.0592 e. The Morgan fingerprint density at radius 2 is 1.54 bits per heavy atom. The maximum Gasteiger partial charge on any atom is 0.0592 e. The van der Waals surface area contributed by atoms with Gasteiger partial charge in [0.25, 0.3) is 0 Å². The van der Waals surface area contributed by atoms with Crippen molar-refractivity contribution in [1.29, 1.82) is 0 Å². The van der Waals surface area contributed by atoms with Crippen molar-refractivity contribution in [3.8, 4) is 0 Å². The summed E-state index contributed by atoms with van der Waals surface area (Å²) in [6, 6.07) is 26.5. The fraction of sp³-hybridized carbons (Fsp3) is 0.143. The van der Waals surface area contributed by atoms with Crippen LogP contribution < -0.4 is 11.1 Å². The van der Waals surface area contributed by atoms with Gasteiger partial charge in [-0.2, -0.15) is 0 Å². The van der Waals surface area contributed by atoms with Gasteiger partial charge in [0, 0.05) is 17.3 Å². The Bertz CT molecular complexity index is 772. The van der Waals surface area contributed by atoms with Crippen molar-refractivity contribution in [2.24, 2.45) is 0 Å². The number of anilines is 1. The summed E-state index contributed by atoms with van der Waals surface area (Å²) in [5.41, 5.74) is 10.2. The molecule has 0 saturated carbocycles. The Morgan fingerprint density at radius 3 is 2.25 bits per heavy atom. The van der Waals surface area contributed by atoms with Crippen LogP contribution in [-0.4, -0.2) is 6.54 Å². The van der Waals surface area contributed by atoms with Crippen LogP contribution in [0.15, 0.2) is 78.9 Å². The van der Waals surface area contributed by atoms with Crippen LogP contribution in [0, 0.1) is 0 Å². The third kappa shape index (κ3) is 4.16. The average molecular weight is 337 g/mol. The van der Waals surface area contributed by atoms with Crippen LogP contribution in [0.1, 0.15) is 22.7 Å². The second-order valence-electron chi connectivity index (χ2n) is 5.81. The van der Waals surface area contributed by atoms with E-state index in [1.807, 2.05) is 42.5 Å². The molecule has 0 aliphatic rings. The molecule has 2 nitrogen and oxygen atoms in total. The zero-order valence-corrected chi connectivity index (χ0v) is 14.2. The first kappa shape index (κ1) is 16.6. The highest BCUT2D eigenvalue weighted by atomic mass is 35.5. The monoisotopic (exact) mass is 336 g/mol. The number of nitrogen functional groups attached to an aromatic ring is 1. The summed E-state index contributed by atoms with van der Waals surface area (Å²) in [7, 11) is 0. The van der Waals surface area contributed by atoms with E-state index >= 15 is 0 Å². The SMILES string of the molecule is Nc1ccc(Cl)c([C@@H](NCCc2ccccc2)c2ccccc2)c1. The highest BCUT2D eigenvalue weighted by Crippen LogP contribution is 2.30. The van der Waals surface area contributed by atoms with Crippen LogP contribution in [0.5, 0.6) is 0 Å². The number of nitrogens with two attached hydrogens (primary N) is 1. The molecule has 3 aromatic rings.